The van der Waals surface area contributed by atoms with Crippen molar-refractivity contribution in [2.45, 2.75) is 31.7 Å². The van der Waals surface area contributed by atoms with Gasteiger partial charge in [-0.05, 0) is 31.4 Å². The first kappa shape index (κ1) is 14.3. The number of nitrogens with zero attached hydrogens (tertiary/aromatic N) is 4. The van der Waals surface area contributed by atoms with Gasteiger partial charge in [-0.15, -0.1) is 5.10 Å². The fourth-order valence-corrected chi connectivity index (χ4v) is 3.33. The molecule has 2 aliphatic rings. The molecule has 1 amide bonds. The van der Waals surface area contributed by atoms with Crippen LogP contribution in [-0.4, -0.2) is 53.2 Å². The van der Waals surface area contributed by atoms with Crippen LogP contribution in [0.2, 0.25) is 0 Å². The molecule has 1 aromatic rings. The number of carbonyl (C=O) groups excluding carboxylic acids is 1. The Bertz CT molecular complexity index is 472. The first-order valence-corrected chi connectivity index (χ1v) is 7.81. The van der Waals surface area contributed by atoms with Gasteiger partial charge in [0.1, 0.15) is 0 Å². The van der Waals surface area contributed by atoms with Crippen molar-refractivity contribution in [1.29, 1.82) is 0 Å². The monoisotopic (exact) mass is 289 g/mol. The number of nitrogens with two attached hydrogens (primary N) is 1. The summed E-state index contributed by atoms with van der Waals surface area (Å²) < 4.78 is 0. The second kappa shape index (κ2) is 6.39. The minimum atomic E-state index is 0.136. The van der Waals surface area contributed by atoms with Crippen molar-refractivity contribution < 1.29 is 4.79 Å². The van der Waals surface area contributed by atoms with Crippen molar-refractivity contribution in [3.8, 4) is 0 Å². The summed E-state index contributed by atoms with van der Waals surface area (Å²) in [5.41, 5.74) is 6.00. The van der Waals surface area contributed by atoms with Gasteiger partial charge in [-0.25, -0.2) is 0 Å². The van der Waals surface area contributed by atoms with Gasteiger partial charge in [0.2, 0.25) is 5.91 Å². The summed E-state index contributed by atoms with van der Waals surface area (Å²) >= 11 is 0. The normalized spacial score (nSPS) is 26.7. The lowest BCUT2D eigenvalue weighted by Crippen LogP contribution is -2.51. The molecule has 0 radical (unpaired) electrons. The molecule has 1 aliphatic carbocycles. The lowest BCUT2D eigenvalue weighted by Gasteiger charge is -2.38. The van der Waals surface area contributed by atoms with Crippen LogP contribution in [0.25, 0.3) is 0 Å². The predicted molar refractivity (Wildman–Crippen MR) is 80.8 cm³/mol. The highest BCUT2D eigenvalue weighted by molar-refractivity contribution is 5.79. The molecule has 2 atom stereocenters. The maximum absolute atomic E-state index is 12.6. The average Bonchev–Trinajstić information content (AvgIpc) is 2.55. The van der Waals surface area contributed by atoms with Gasteiger partial charge in [0.05, 0.1) is 0 Å². The van der Waals surface area contributed by atoms with E-state index in [4.69, 9.17) is 5.73 Å². The van der Waals surface area contributed by atoms with Crippen LogP contribution in [0.3, 0.4) is 0 Å². The molecule has 0 aromatic carbocycles. The van der Waals surface area contributed by atoms with Gasteiger partial charge in [-0.1, -0.05) is 6.42 Å². The molecule has 1 saturated heterocycles. The fourth-order valence-electron chi connectivity index (χ4n) is 3.33. The van der Waals surface area contributed by atoms with E-state index in [9.17, 15) is 4.79 Å². The Hall–Kier alpha value is -1.69. The highest BCUT2D eigenvalue weighted by Crippen LogP contribution is 2.25. The molecule has 0 spiro atoms. The van der Waals surface area contributed by atoms with Gasteiger partial charge >= 0.3 is 0 Å². The van der Waals surface area contributed by atoms with Crippen LogP contribution in [0.4, 0.5) is 5.82 Å². The molecule has 114 valence electrons. The zero-order valence-corrected chi connectivity index (χ0v) is 12.3. The van der Waals surface area contributed by atoms with E-state index in [1.807, 2.05) is 17.0 Å². The highest BCUT2D eigenvalue weighted by Gasteiger charge is 2.30. The number of carbonyl (C=O) groups is 1. The first-order chi connectivity index (χ1) is 10.2. The molecule has 3 rings (SSSR count). The molecule has 2 fully saturated rings. The molecule has 6 nitrogen and oxygen atoms in total. The Kier molecular flexibility index (Phi) is 4.34. The summed E-state index contributed by atoms with van der Waals surface area (Å²) in [7, 11) is 0. The SMILES string of the molecule is NC1CCCC(C(=O)N2CCN(c3cccnn3)CC2)C1. The van der Waals surface area contributed by atoms with Crippen molar-refractivity contribution in [3.05, 3.63) is 18.3 Å². The summed E-state index contributed by atoms with van der Waals surface area (Å²) in [5, 5.41) is 8.04. The van der Waals surface area contributed by atoms with Crippen LogP contribution in [0.5, 0.6) is 0 Å². The van der Waals surface area contributed by atoms with Gasteiger partial charge in [-0.3, -0.25) is 4.79 Å². The van der Waals surface area contributed by atoms with Crippen molar-refractivity contribution in [1.82, 2.24) is 15.1 Å². The Morgan fingerprint density at radius 2 is 2.05 bits per heavy atom. The molecule has 2 N–H and O–H groups in total. The van der Waals surface area contributed by atoms with E-state index in [2.05, 4.69) is 15.1 Å². The molecule has 6 heteroatoms. The summed E-state index contributed by atoms with van der Waals surface area (Å²) in [4.78, 5) is 16.7. The van der Waals surface area contributed by atoms with Crippen molar-refractivity contribution in [2.75, 3.05) is 31.1 Å². The van der Waals surface area contributed by atoms with Crippen molar-refractivity contribution in [2.24, 2.45) is 11.7 Å². The van der Waals surface area contributed by atoms with E-state index in [1.165, 1.54) is 0 Å². The number of hydrogen-bond acceptors (Lipinski definition) is 5. The van der Waals surface area contributed by atoms with Crippen LogP contribution >= 0.6 is 0 Å². The molecular weight excluding hydrogens is 266 g/mol. The smallest absolute Gasteiger partial charge is 0.225 e. The number of hydrogen-bond donors (Lipinski definition) is 1. The first-order valence-electron chi connectivity index (χ1n) is 7.81. The maximum Gasteiger partial charge on any atom is 0.225 e. The van der Waals surface area contributed by atoms with Crippen molar-refractivity contribution in [3.63, 3.8) is 0 Å². The van der Waals surface area contributed by atoms with Crippen LogP contribution in [0.1, 0.15) is 25.7 Å². The number of anilines is 1. The molecular formula is C15H23N5O. The lowest BCUT2D eigenvalue weighted by atomic mass is 9.85. The minimum absolute atomic E-state index is 0.136. The topological polar surface area (TPSA) is 75.4 Å². The molecule has 1 aromatic heterocycles. The van der Waals surface area contributed by atoms with E-state index < -0.39 is 0 Å². The van der Waals surface area contributed by atoms with E-state index in [0.717, 1.165) is 57.7 Å². The second-order valence-corrected chi connectivity index (χ2v) is 6.02. The van der Waals surface area contributed by atoms with Gasteiger partial charge in [-0.2, -0.15) is 5.10 Å². The van der Waals surface area contributed by atoms with Crippen LogP contribution in [-0.2, 0) is 4.79 Å². The third-order valence-corrected chi connectivity index (χ3v) is 4.54. The van der Waals surface area contributed by atoms with Crippen LogP contribution < -0.4 is 10.6 Å². The highest BCUT2D eigenvalue weighted by atomic mass is 16.2. The third kappa shape index (κ3) is 3.32. The van der Waals surface area contributed by atoms with E-state index in [0.29, 0.717) is 5.91 Å². The Morgan fingerprint density at radius 3 is 2.71 bits per heavy atom. The lowest BCUT2D eigenvalue weighted by molar-refractivity contribution is -0.137. The molecule has 1 aliphatic heterocycles. The molecule has 2 heterocycles. The zero-order valence-electron chi connectivity index (χ0n) is 12.3. The zero-order chi connectivity index (χ0) is 14.7. The molecule has 2 unspecified atom stereocenters. The van der Waals surface area contributed by atoms with E-state index in [-0.39, 0.29) is 12.0 Å². The fraction of sp³-hybridized carbons (Fsp3) is 0.667. The van der Waals surface area contributed by atoms with Crippen LogP contribution in [0, 0.1) is 5.92 Å². The summed E-state index contributed by atoms with van der Waals surface area (Å²) in [6, 6.07) is 4.06. The molecule has 0 bridgehead atoms. The van der Waals surface area contributed by atoms with E-state index >= 15 is 0 Å². The summed E-state index contributed by atoms with van der Waals surface area (Å²) in [5.74, 6) is 1.32. The Morgan fingerprint density at radius 1 is 1.24 bits per heavy atom. The standard InChI is InChI=1S/C15H23N5O/c16-13-4-1-3-12(11-13)15(21)20-9-7-19(8-10-20)14-5-2-6-17-18-14/h2,5-6,12-13H,1,3-4,7-11,16H2. The average molecular weight is 289 g/mol. The third-order valence-electron chi connectivity index (χ3n) is 4.54. The summed E-state index contributed by atoms with van der Waals surface area (Å²) in [6.45, 7) is 3.18. The minimum Gasteiger partial charge on any atom is -0.352 e. The molecule has 21 heavy (non-hydrogen) atoms. The van der Waals surface area contributed by atoms with Crippen molar-refractivity contribution >= 4 is 11.7 Å². The number of piperazine rings is 1. The second-order valence-electron chi connectivity index (χ2n) is 6.02. The number of rotatable bonds is 2. The largest absolute Gasteiger partial charge is 0.352 e. The summed E-state index contributed by atoms with van der Waals surface area (Å²) in [6.07, 6.45) is 5.66. The van der Waals surface area contributed by atoms with Gasteiger partial charge in [0.15, 0.2) is 5.82 Å². The van der Waals surface area contributed by atoms with Crippen LogP contribution in [0.15, 0.2) is 18.3 Å². The quantitative estimate of drug-likeness (QED) is 0.865. The number of aromatic nitrogens is 2. The maximum atomic E-state index is 12.6. The van der Waals surface area contributed by atoms with Gasteiger partial charge in [0.25, 0.3) is 0 Å². The predicted octanol–water partition coefficient (Wildman–Crippen LogP) is 0.643. The number of amides is 1. The Labute approximate surface area is 125 Å². The Balaban J connectivity index is 1.54. The van der Waals surface area contributed by atoms with E-state index in [1.54, 1.807) is 6.20 Å². The molecule has 1 saturated carbocycles. The van der Waals surface area contributed by atoms with Gasteiger partial charge < -0.3 is 15.5 Å². The van der Waals surface area contributed by atoms with Gasteiger partial charge in [0, 0.05) is 44.3 Å².